The number of ketones is 1. The minimum atomic E-state index is -0.903. The predicted octanol–water partition coefficient (Wildman–Crippen LogP) is 3.00. The number of hydrogen-bond donors (Lipinski definition) is 1. The summed E-state index contributed by atoms with van der Waals surface area (Å²) in [6, 6.07) is 7.05. The maximum atomic E-state index is 12.4. The Balaban J connectivity index is 2.45. The predicted molar refractivity (Wildman–Crippen MR) is 89.7 cm³/mol. The lowest BCUT2D eigenvalue weighted by Gasteiger charge is -2.35. The van der Waals surface area contributed by atoms with E-state index in [1.54, 1.807) is 38.1 Å². The molecule has 0 fully saturated rings. The Morgan fingerprint density at radius 3 is 2.62 bits per heavy atom. The molecule has 0 saturated carbocycles. The molecule has 128 valence electrons. The lowest BCUT2D eigenvalue weighted by atomic mass is 9.68. The second-order valence-electron chi connectivity index (χ2n) is 6.27. The lowest BCUT2D eigenvalue weighted by Crippen LogP contribution is -2.40. The van der Waals surface area contributed by atoms with Gasteiger partial charge in [-0.1, -0.05) is 26.0 Å². The Bertz CT molecular complexity index is 718. The first-order valence-corrected chi connectivity index (χ1v) is 7.53. The van der Waals surface area contributed by atoms with Crippen molar-refractivity contribution in [2.45, 2.75) is 20.3 Å². The second-order valence-corrected chi connectivity index (χ2v) is 6.27. The third kappa shape index (κ3) is 3.32. The van der Waals surface area contributed by atoms with E-state index in [0.29, 0.717) is 11.4 Å². The molecule has 6 heteroatoms. The topological polar surface area (TPSA) is 85.2 Å². The van der Waals surface area contributed by atoms with Gasteiger partial charge >= 0.3 is 5.97 Å². The SMILES string of the molecule is COC(=O)C1C(O)=C(C=Nc2ccccc2OC)C(=O)CC1(C)C. The number of benzene rings is 1. The van der Waals surface area contributed by atoms with Crippen LogP contribution in [0.15, 0.2) is 40.6 Å². The van der Waals surface area contributed by atoms with Crippen LogP contribution in [0.4, 0.5) is 5.69 Å². The fraction of sp³-hybridized carbons (Fsp3) is 0.389. The Hall–Kier alpha value is -2.63. The Kier molecular flexibility index (Phi) is 5.07. The zero-order valence-corrected chi connectivity index (χ0v) is 14.2. The van der Waals surface area contributed by atoms with E-state index < -0.39 is 17.3 Å². The van der Waals surface area contributed by atoms with Crippen LogP contribution in [0.25, 0.3) is 0 Å². The number of methoxy groups -OCH3 is 2. The molecule has 1 N–H and O–H groups in total. The van der Waals surface area contributed by atoms with Gasteiger partial charge in [0.15, 0.2) is 5.78 Å². The summed E-state index contributed by atoms with van der Waals surface area (Å²) in [5, 5.41) is 10.5. The molecule has 0 radical (unpaired) electrons. The third-order valence-corrected chi connectivity index (χ3v) is 4.10. The molecule has 0 saturated heterocycles. The van der Waals surface area contributed by atoms with Crippen LogP contribution in [0.5, 0.6) is 5.75 Å². The number of hydrogen-bond acceptors (Lipinski definition) is 6. The Labute approximate surface area is 140 Å². The first kappa shape index (κ1) is 17.7. The summed E-state index contributed by atoms with van der Waals surface area (Å²) in [7, 11) is 2.78. The zero-order valence-electron chi connectivity index (χ0n) is 14.2. The van der Waals surface area contributed by atoms with Crippen LogP contribution < -0.4 is 4.74 Å². The number of allylic oxidation sites excluding steroid dienone is 1. The fourth-order valence-corrected chi connectivity index (χ4v) is 2.84. The minimum absolute atomic E-state index is 0.0237. The van der Waals surface area contributed by atoms with E-state index in [2.05, 4.69) is 4.99 Å². The summed E-state index contributed by atoms with van der Waals surface area (Å²) in [5.41, 5.74) is -0.182. The summed E-state index contributed by atoms with van der Waals surface area (Å²) in [6.45, 7) is 3.49. The van der Waals surface area contributed by atoms with Crippen LogP contribution in [-0.4, -0.2) is 37.3 Å². The van der Waals surface area contributed by atoms with Crippen LogP contribution in [0.3, 0.4) is 0 Å². The van der Waals surface area contributed by atoms with Gasteiger partial charge in [0.25, 0.3) is 0 Å². The molecule has 1 aromatic carbocycles. The number of aliphatic hydroxyl groups excluding tert-OH is 1. The van der Waals surface area contributed by atoms with Gasteiger partial charge < -0.3 is 14.6 Å². The molecule has 0 aromatic heterocycles. The summed E-state index contributed by atoms with van der Waals surface area (Å²) in [6.07, 6.45) is 1.39. The average molecular weight is 331 g/mol. The van der Waals surface area contributed by atoms with E-state index in [-0.39, 0.29) is 23.5 Å². The summed E-state index contributed by atoms with van der Waals surface area (Å²) < 4.78 is 9.97. The molecular weight excluding hydrogens is 310 g/mol. The zero-order chi connectivity index (χ0) is 17.9. The van der Waals surface area contributed by atoms with Crippen molar-refractivity contribution in [3.05, 3.63) is 35.6 Å². The molecule has 1 aliphatic carbocycles. The van der Waals surface area contributed by atoms with Gasteiger partial charge in [-0.15, -0.1) is 0 Å². The van der Waals surface area contributed by atoms with Gasteiger partial charge in [-0.25, -0.2) is 0 Å². The highest BCUT2D eigenvalue weighted by Gasteiger charge is 2.46. The van der Waals surface area contributed by atoms with Crippen LogP contribution in [0.1, 0.15) is 20.3 Å². The number of aliphatic hydroxyl groups is 1. The van der Waals surface area contributed by atoms with Crippen molar-refractivity contribution in [3.63, 3.8) is 0 Å². The summed E-state index contributed by atoms with van der Waals surface area (Å²) in [5.74, 6) is -1.51. The maximum absolute atomic E-state index is 12.4. The van der Waals surface area contributed by atoms with Crippen molar-refractivity contribution in [1.29, 1.82) is 0 Å². The van der Waals surface area contributed by atoms with Crippen molar-refractivity contribution < 1.29 is 24.2 Å². The molecule has 1 unspecified atom stereocenters. The van der Waals surface area contributed by atoms with Crippen LogP contribution in [0, 0.1) is 11.3 Å². The Morgan fingerprint density at radius 1 is 1.33 bits per heavy atom. The number of rotatable bonds is 4. The van der Waals surface area contributed by atoms with Crippen molar-refractivity contribution in [1.82, 2.24) is 0 Å². The van der Waals surface area contributed by atoms with Crippen LogP contribution in [-0.2, 0) is 14.3 Å². The highest BCUT2D eigenvalue weighted by atomic mass is 16.5. The number of nitrogens with zero attached hydrogens (tertiary/aromatic N) is 1. The van der Waals surface area contributed by atoms with E-state index >= 15 is 0 Å². The molecule has 6 nitrogen and oxygen atoms in total. The molecule has 0 bridgehead atoms. The number of aliphatic imine (C=N–C) groups is 1. The molecule has 0 aliphatic heterocycles. The van der Waals surface area contributed by atoms with Gasteiger partial charge in [0.05, 0.1) is 19.8 Å². The monoisotopic (exact) mass is 331 g/mol. The molecule has 24 heavy (non-hydrogen) atoms. The normalized spacial score (nSPS) is 20.3. The third-order valence-electron chi connectivity index (χ3n) is 4.10. The van der Waals surface area contributed by atoms with Crippen LogP contribution >= 0.6 is 0 Å². The van der Waals surface area contributed by atoms with Crippen LogP contribution in [0.2, 0.25) is 0 Å². The largest absolute Gasteiger partial charge is 0.511 e. The highest BCUT2D eigenvalue weighted by Crippen LogP contribution is 2.41. The first-order chi connectivity index (χ1) is 11.3. The number of carbonyl (C=O) groups is 2. The highest BCUT2D eigenvalue weighted by molar-refractivity contribution is 6.15. The molecule has 0 heterocycles. The van der Waals surface area contributed by atoms with Crippen molar-refractivity contribution in [3.8, 4) is 5.75 Å². The van der Waals surface area contributed by atoms with Gasteiger partial charge in [0, 0.05) is 12.6 Å². The molecule has 0 spiro atoms. The number of ether oxygens (including phenoxy) is 2. The van der Waals surface area contributed by atoms with E-state index in [1.807, 2.05) is 0 Å². The van der Waals surface area contributed by atoms with Crippen molar-refractivity contribution >= 4 is 23.7 Å². The molecule has 0 amide bonds. The van der Waals surface area contributed by atoms with Crippen molar-refractivity contribution in [2.24, 2.45) is 16.3 Å². The lowest BCUT2D eigenvalue weighted by molar-refractivity contribution is -0.150. The number of para-hydroxylation sites is 2. The Morgan fingerprint density at radius 2 is 2.00 bits per heavy atom. The molecular formula is C18H21NO5. The van der Waals surface area contributed by atoms with Gasteiger partial charge in [-0.3, -0.25) is 14.6 Å². The first-order valence-electron chi connectivity index (χ1n) is 7.53. The molecule has 1 aliphatic rings. The number of Topliss-reactive ketones (excluding diaryl/α,β-unsaturated/α-hetero) is 1. The van der Waals surface area contributed by atoms with Crippen molar-refractivity contribution in [2.75, 3.05) is 14.2 Å². The molecule has 1 atom stereocenters. The maximum Gasteiger partial charge on any atom is 0.316 e. The summed E-state index contributed by atoms with van der Waals surface area (Å²) in [4.78, 5) is 28.6. The molecule has 1 aromatic rings. The van der Waals surface area contributed by atoms with E-state index in [9.17, 15) is 14.7 Å². The number of esters is 1. The smallest absolute Gasteiger partial charge is 0.316 e. The van der Waals surface area contributed by atoms with E-state index in [0.717, 1.165) is 0 Å². The van der Waals surface area contributed by atoms with Gasteiger partial charge in [0.2, 0.25) is 0 Å². The van der Waals surface area contributed by atoms with E-state index in [4.69, 9.17) is 9.47 Å². The summed E-state index contributed by atoms with van der Waals surface area (Å²) >= 11 is 0. The van der Waals surface area contributed by atoms with Gasteiger partial charge in [-0.05, 0) is 17.5 Å². The van der Waals surface area contributed by atoms with Gasteiger partial charge in [-0.2, -0.15) is 0 Å². The number of carbonyl (C=O) groups excluding carboxylic acids is 2. The second kappa shape index (κ2) is 6.86. The van der Waals surface area contributed by atoms with Gasteiger partial charge in [0.1, 0.15) is 23.1 Å². The fourth-order valence-electron chi connectivity index (χ4n) is 2.84. The average Bonchev–Trinajstić information content (AvgIpc) is 2.53. The standard InChI is InChI=1S/C18H21NO5/c1-18(2)9-13(20)11(16(21)15(18)17(22)24-4)10-19-12-7-5-6-8-14(12)23-3/h5-8,10,15,21H,9H2,1-4H3. The molecule has 2 rings (SSSR count). The van der Waals surface area contributed by atoms with E-state index in [1.165, 1.54) is 20.4 Å². The quantitative estimate of drug-likeness (QED) is 0.677. The minimum Gasteiger partial charge on any atom is -0.511 e.